The zero-order chi connectivity index (χ0) is 13.8. The van der Waals surface area contributed by atoms with Crippen molar-refractivity contribution in [3.05, 3.63) is 34.1 Å². The number of nitrogens with zero attached hydrogens (tertiary/aromatic N) is 2. The van der Waals surface area contributed by atoms with Gasteiger partial charge in [-0.05, 0) is 38.0 Å². The van der Waals surface area contributed by atoms with Gasteiger partial charge in [0.2, 0.25) is 0 Å². The van der Waals surface area contributed by atoms with Gasteiger partial charge in [0.05, 0.1) is 5.69 Å². The summed E-state index contributed by atoms with van der Waals surface area (Å²) in [7, 11) is 0. The Morgan fingerprint density at radius 2 is 2.16 bits per heavy atom. The number of nitrogen functional groups attached to an aromatic ring is 1. The Hall–Kier alpha value is -1.55. The Balaban J connectivity index is 2.19. The molecule has 0 unspecified atom stereocenters. The second-order valence-corrected chi connectivity index (χ2v) is 5.67. The van der Waals surface area contributed by atoms with E-state index in [9.17, 15) is 0 Å². The summed E-state index contributed by atoms with van der Waals surface area (Å²) in [4.78, 5) is 4.24. The van der Waals surface area contributed by atoms with Gasteiger partial charge in [0.25, 0.3) is 0 Å². The van der Waals surface area contributed by atoms with Crippen LogP contribution in [0.5, 0.6) is 0 Å². The van der Waals surface area contributed by atoms with E-state index in [-0.39, 0.29) is 0 Å². The van der Waals surface area contributed by atoms with Crippen LogP contribution in [0.1, 0.15) is 42.4 Å². The highest BCUT2D eigenvalue weighted by molar-refractivity contribution is 7.13. The number of thiazole rings is 1. The van der Waals surface area contributed by atoms with Gasteiger partial charge >= 0.3 is 0 Å². The van der Waals surface area contributed by atoms with E-state index in [1.54, 1.807) is 0 Å². The van der Waals surface area contributed by atoms with Crippen LogP contribution in [-0.4, -0.2) is 9.55 Å². The number of nitrogens with two attached hydrogens (primary N) is 1. The summed E-state index contributed by atoms with van der Waals surface area (Å²) in [5.74, 6) is 0. The molecule has 0 bridgehead atoms. The highest BCUT2D eigenvalue weighted by Gasteiger charge is 2.06. The van der Waals surface area contributed by atoms with Crippen molar-refractivity contribution >= 4 is 28.6 Å². The van der Waals surface area contributed by atoms with E-state index < -0.39 is 0 Å². The first-order valence-corrected chi connectivity index (χ1v) is 7.55. The molecule has 102 valence electrons. The van der Waals surface area contributed by atoms with E-state index in [0.29, 0.717) is 5.13 Å². The molecule has 19 heavy (non-hydrogen) atoms. The maximum Gasteiger partial charge on any atom is 0.180 e. The van der Waals surface area contributed by atoms with Crippen molar-refractivity contribution in [1.29, 1.82) is 0 Å². The first kappa shape index (κ1) is 13.9. The first-order valence-electron chi connectivity index (χ1n) is 6.67. The molecule has 2 aromatic heterocycles. The molecule has 2 heterocycles. The summed E-state index contributed by atoms with van der Waals surface area (Å²) in [6.45, 7) is 7.67. The molecule has 0 aromatic carbocycles. The van der Waals surface area contributed by atoms with Gasteiger partial charge in [0.1, 0.15) is 0 Å². The van der Waals surface area contributed by atoms with Crippen molar-refractivity contribution in [2.45, 2.75) is 40.2 Å². The van der Waals surface area contributed by atoms with Crippen LogP contribution in [-0.2, 0) is 6.54 Å². The van der Waals surface area contributed by atoms with E-state index in [1.165, 1.54) is 41.1 Å². The Morgan fingerprint density at radius 1 is 1.37 bits per heavy atom. The molecule has 0 fully saturated rings. The highest BCUT2D eigenvalue weighted by Crippen LogP contribution is 2.19. The van der Waals surface area contributed by atoms with Crippen LogP contribution in [0.15, 0.2) is 11.4 Å². The van der Waals surface area contributed by atoms with E-state index in [2.05, 4.69) is 42.5 Å². The molecule has 4 heteroatoms. The summed E-state index contributed by atoms with van der Waals surface area (Å²) in [5.41, 5.74) is 10.5. The topological polar surface area (TPSA) is 43.8 Å². The Kier molecular flexibility index (Phi) is 4.43. The lowest BCUT2D eigenvalue weighted by atomic mass is 10.2. The lowest BCUT2D eigenvalue weighted by Gasteiger charge is -2.08. The molecule has 2 aromatic rings. The molecule has 0 saturated carbocycles. The molecule has 0 radical (unpaired) electrons. The fourth-order valence-electron chi connectivity index (χ4n) is 2.21. The SMILES string of the molecule is CCCCn1c(C)cc(/C=C/c2csc(N)n2)c1C. The van der Waals surface area contributed by atoms with Gasteiger partial charge in [-0.2, -0.15) is 0 Å². The lowest BCUT2D eigenvalue weighted by Crippen LogP contribution is -2.01. The van der Waals surface area contributed by atoms with Gasteiger partial charge < -0.3 is 10.3 Å². The minimum Gasteiger partial charge on any atom is -0.375 e. The summed E-state index contributed by atoms with van der Waals surface area (Å²) in [5, 5.41) is 2.59. The zero-order valence-corrected chi connectivity index (χ0v) is 12.6. The van der Waals surface area contributed by atoms with Gasteiger partial charge in [-0.3, -0.25) is 0 Å². The van der Waals surface area contributed by atoms with E-state index in [0.717, 1.165) is 12.2 Å². The van der Waals surface area contributed by atoms with Crippen LogP contribution < -0.4 is 5.73 Å². The fourth-order valence-corrected chi connectivity index (χ4v) is 2.74. The third-order valence-corrected chi connectivity index (χ3v) is 4.01. The quantitative estimate of drug-likeness (QED) is 0.892. The van der Waals surface area contributed by atoms with Crippen molar-refractivity contribution in [1.82, 2.24) is 9.55 Å². The van der Waals surface area contributed by atoms with Crippen LogP contribution in [0.3, 0.4) is 0 Å². The predicted octanol–water partition coefficient (Wildman–Crippen LogP) is 4.11. The Morgan fingerprint density at radius 3 is 2.79 bits per heavy atom. The van der Waals surface area contributed by atoms with Crippen molar-refractivity contribution in [2.24, 2.45) is 0 Å². The molecule has 0 aliphatic rings. The van der Waals surface area contributed by atoms with Crippen LogP contribution in [0.2, 0.25) is 0 Å². The summed E-state index contributed by atoms with van der Waals surface area (Å²) < 4.78 is 2.39. The van der Waals surface area contributed by atoms with Gasteiger partial charge in [0, 0.05) is 23.3 Å². The number of aromatic nitrogens is 2. The average Bonchev–Trinajstić information content (AvgIpc) is 2.90. The average molecular weight is 275 g/mol. The van der Waals surface area contributed by atoms with Crippen LogP contribution >= 0.6 is 11.3 Å². The molecule has 2 rings (SSSR count). The molecule has 0 spiro atoms. The number of hydrogen-bond donors (Lipinski definition) is 1. The molecular weight excluding hydrogens is 254 g/mol. The molecule has 0 amide bonds. The first-order chi connectivity index (χ1) is 9.11. The van der Waals surface area contributed by atoms with Crippen LogP contribution in [0.25, 0.3) is 12.2 Å². The number of aryl methyl sites for hydroxylation is 1. The Bertz CT molecular complexity index is 578. The van der Waals surface area contributed by atoms with Crippen LogP contribution in [0, 0.1) is 13.8 Å². The number of anilines is 1. The second-order valence-electron chi connectivity index (χ2n) is 4.78. The standard InChI is InChI=1S/C15H21N3S/c1-4-5-8-18-11(2)9-13(12(18)3)6-7-14-10-19-15(16)17-14/h6-7,9-10H,4-5,8H2,1-3H3,(H2,16,17)/b7-6+. The maximum atomic E-state index is 5.63. The molecule has 0 atom stereocenters. The van der Waals surface area contributed by atoms with Crippen molar-refractivity contribution in [3.63, 3.8) is 0 Å². The smallest absolute Gasteiger partial charge is 0.180 e. The van der Waals surface area contributed by atoms with E-state index >= 15 is 0 Å². The zero-order valence-electron chi connectivity index (χ0n) is 11.8. The van der Waals surface area contributed by atoms with Gasteiger partial charge in [0.15, 0.2) is 5.13 Å². The van der Waals surface area contributed by atoms with Crippen molar-refractivity contribution < 1.29 is 0 Å². The number of hydrogen-bond acceptors (Lipinski definition) is 3. The normalized spacial score (nSPS) is 11.5. The van der Waals surface area contributed by atoms with E-state index in [4.69, 9.17) is 5.73 Å². The second kappa shape index (κ2) is 6.06. The van der Waals surface area contributed by atoms with Gasteiger partial charge in [-0.1, -0.05) is 19.4 Å². The monoisotopic (exact) mass is 275 g/mol. The van der Waals surface area contributed by atoms with Crippen LogP contribution in [0.4, 0.5) is 5.13 Å². The molecule has 0 aliphatic heterocycles. The maximum absolute atomic E-state index is 5.63. The van der Waals surface area contributed by atoms with E-state index in [1.807, 2.05) is 11.5 Å². The molecular formula is C15H21N3S. The summed E-state index contributed by atoms with van der Waals surface area (Å²) >= 11 is 1.47. The van der Waals surface area contributed by atoms with Gasteiger partial charge in [-0.25, -0.2) is 4.98 Å². The van der Waals surface area contributed by atoms with Crippen molar-refractivity contribution in [3.8, 4) is 0 Å². The largest absolute Gasteiger partial charge is 0.375 e. The molecule has 2 N–H and O–H groups in total. The minimum atomic E-state index is 0.619. The number of rotatable bonds is 5. The fraction of sp³-hybridized carbons (Fsp3) is 0.400. The third kappa shape index (κ3) is 3.26. The number of unbranched alkanes of at least 4 members (excludes halogenated alkanes) is 1. The molecule has 0 aliphatic carbocycles. The third-order valence-electron chi connectivity index (χ3n) is 3.32. The molecule has 0 saturated heterocycles. The minimum absolute atomic E-state index is 0.619. The summed E-state index contributed by atoms with van der Waals surface area (Å²) in [6.07, 6.45) is 6.60. The predicted molar refractivity (Wildman–Crippen MR) is 84.3 cm³/mol. The molecule has 3 nitrogen and oxygen atoms in total. The summed E-state index contributed by atoms with van der Waals surface area (Å²) in [6, 6.07) is 2.23. The Labute approximate surface area is 118 Å². The van der Waals surface area contributed by atoms with Crippen molar-refractivity contribution in [2.75, 3.05) is 5.73 Å². The lowest BCUT2D eigenvalue weighted by molar-refractivity contribution is 0.609. The van der Waals surface area contributed by atoms with Gasteiger partial charge in [-0.15, -0.1) is 11.3 Å². The highest BCUT2D eigenvalue weighted by atomic mass is 32.1.